The number of nitrogens with zero attached hydrogens (tertiary/aromatic N) is 2. The van der Waals surface area contributed by atoms with Crippen LogP contribution in [0.2, 0.25) is 0 Å². The lowest BCUT2D eigenvalue weighted by molar-refractivity contribution is 0.476. The molecule has 0 aliphatic carbocycles. The van der Waals surface area contributed by atoms with Crippen molar-refractivity contribution in [3.8, 4) is 11.5 Å². The molecule has 19 heavy (non-hydrogen) atoms. The lowest BCUT2D eigenvalue weighted by atomic mass is 10.2. The predicted molar refractivity (Wildman–Crippen MR) is 77.8 cm³/mol. The molecular formula is C13H15BrN4O. The maximum atomic E-state index is 7.55. The van der Waals surface area contributed by atoms with E-state index < -0.39 is 0 Å². The zero-order chi connectivity index (χ0) is 14.0. The second-order valence-corrected chi connectivity index (χ2v) is 5.32. The highest BCUT2D eigenvalue weighted by Gasteiger charge is 2.10. The molecule has 100 valence electrons. The second kappa shape index (κ2) is 5.44. The third-order valence-electron chi connectivity index (χ3n) is 2.57. The maximum absolute atomic E-state index is 7.55. The highest BCUT2D eigenvalue weighted by molar-refractivity contribution is 9.10. The van der Waals surface area contributed by atoms with Gasteiger partial charge in [0.15, 0.2) is 5.75 Å². The Morgan fingerprint density at radius 1 is 1.47 bits per heavy atom. The molecule has 2 rings (SSSR count). The Hall–Kier alpha value is -1.82. The van der Waals surface area contributed by atoms with Crippen molar-refractivity contribution >= 4 is 21.8 Å². The number of halogens is 1. The summed E-state index contributed by atoms with van der Waals surface area (Å²) in [6.07, 6.45) is 3.46. The molecule has 1 aromatic carbocycles. The zero-order valence-electron chi connectivity index (χ0n) is 10.7. The van der Waals surface area contributed by atoms with E-state index in [1.54, 1.807) is 23.0 Å². The number of ether oxygens (including phenoxy) is 1. The van der Waals surface area contributed by atoms with Gasteiger partial charge in [-0.15, -0.1) is 0 Å². The van der Waals surface area contributed by atoms with Crippen LogP contribution in [0.3, 0.4) is 0 Å². The van der Waals surface area contributed by atoms with E-state index in [0.717, 1.165) is 4.47 Å². The van der Waals surface area contributed by atoms with Crippen molar-refractivity contribution in [3.05, 3.63) is 40.6 Å². The van der Waals surface area contributed by atoms with Crippen LogP contribution >= 0.6 is 15.9 Å². The average molecular weight is 323 g/mol. The minimum atomic E-state index is -0.0289. The van der Waals surface area contributed by atoms with E-state index in [-0.39, 0.29) is 11.9 Å². The molecule has 0 saturated heterocycles. The molecule has 0 atom stereocenters. The first-order chi connectivity index (χ1) is 8.97. The van der Waals surface area contributed by atoms with Gasteiger partial charge in [-0.1, -0.05) is 15.9 Å². The van der Waals surface area contributed by atoms with Gasteiger partial charge >= 0.3 is 0 Å². The molecule has 1 aromatic heterocycles. The first-order valence-corrected chi connectivity index (χ1v) is 6.62. The maximum Gasteiger partial charge on any atom is 0.165 e. The molecule has 0 aliphatic rings. The van der Waals surface area contributed by atoms with Crippen molar-refractivity contribution in [3.63, 3.8) is 0 Å². The van der Waals surface area contributed by atoms with E-state index >= 15 is 0 Å². The number of nitrogens with one attached hydrogen (secondary N) is 1. The van der Waals surface area contributed by atoms with Crippen molar-refractivity contribution in [2.45, 2.75) is 19.9 Å². The molecule has 3 N–H and O–H groups in total. The molecule has 1 heterocycles. The fourth-order valence-electron chi connectivity index (χ4n) is 1.59. The van der Waals surface area contributed by atoms with Gasteiger partial charge in [-0.2, -0.15) is 5.10 Å². The Bertz CT molecular complexity index is 606. The van der Waals surface area contributed by atoms with E-state index in [9.17, 15) is 0 Å². The normalized spacial score (nSPS) is 10.7. The van der Waals surface area contributed by atoms with E-state index in [0.29, 0.717) is 17.1 Å². The third-order valence-corrected chi connectivity index (χ3v) is 3.06. The first kappa shape index (κ1) is 13.6. The summed E-state index contributed by atoms with van der Waals surface area (Å²) < 4.78 is 8.42. The quantitative estimate of drug-likeness (QED) is 0.669. The number of nitrogen functional groups attached to an aromatic ring is 1. The number of nitrogens with two attached hydrogens (primary N) is 1. The number of rotatable bonds is 4. The number of hydrogen-bond acceptors (Lipinski definition) is 3. The van der Waals surface area contributed by atoms with E-state index in [2.05, 4.69) is 21.0 Å². The Kier molecular flexibility index (Phi) is 3.90. The van der Waals surface area contributed by atoms with E-state index in [1.807, 2.05) is 26.1 Å². The van der Waals surface area contributed by atoms with E-state index in [1.165, 1.54) is 0 Å². The van der Waals surface area contributed by atoms with Gasteiger partial charge in [-0.25, -0.2) is 0 Å². The first-order valence-electron chi connectivity index (χ1n) is 5.83. The molecule has 5 nitrogen and oxygen atoms in total. The summed E-state index contributed by atoms with van der Waals surface area (Å²) in [5, 5.41) is 11.8. The van der Waals surface area contributed by atoms with Gasteiger partial charge < -0.3 is 10.5 Å². The molecule has 0 fully saturated rings. The Morgan fingerprint density at radius 3 is 2.79 bits per heavy atom. The zero-order valence-corrected chi connectivity index (χ0v) is 12.3. The van der Waals surface area contributed by atoms with E-state index in [4.69, 9.17) is 15.9 Å². The number of hydrogen-bond donors (Lipinski definition) is 2. The Balaban J connectivity index is 2.31. The van der Waals surface area contributed by atoms with Gasteiger partial charge in [-0.05, 0) is 32.0 Å². The van der Waals surface area contributed by atoms with Crippen LogP contribution in [-0.4, -0.2) is 15.6 Å². The highest BCUT2D eigenvalue weighted by atomic mass is 79.9. The summed E-state index contributed by atoms with van der Waals surface area (Å²) in [6.45, 7) is 4.08. The monoisotopic (exact) mass is 322 g/mol. The third kappa shape index (κ3) is 3.14. The fraction of sp³-hybridized carbons (Fsp3) is 0.231. The molecule has 6 heteroatoms. The summed E-state index contributed by atoms with van der Waals surface area (Å²) in [6, 6.07) is 5.62. The van der Waals surface area contributed by atoms with Crippen LogP contribution in [0.25, 0.3) is 0 Å². The highest BCUT2D eigenvalue weighted by Crippen LogP contribution is 2.28. The Morgan fingerprint density at radius 2 is 2.21 bits per heavy atom. The van der Waals surface area contributed by atoms with Gasteiger partial charge in [0, 0.05) is 10.5 Å². The molecular weight excluding hydrogens is 308 g/mol. The molecule has 0 aliphatic heterocycles. The van der Waals surface area contributed by atoms with Crippen LogP contribution in [-0.2, 0) is 0 Å². The van der Waals surface area contributed by atoms with Crippen molar-refractivity contribution < 1.29 is 4.74 Å². The van der Waals surface area contributed by atoms with Crippen LogP contribution in [0.1, 0.15) is 25.5 Å². The van der Waals surface area contributed by atoms with Crippen molar-refractivity contribution in [1.82, 2.24) is 9.78 Å². The van der Waals surface area contributed by atoms with Gasteiger partial charge in [0.25, 0.3) is 0 Å². The largest absolute Gasteiger partial charge is 0.453 e. The molecule has 0 spiro atoms. The topological polar surface area (TPSA) is 76.9 Å². The standard InChI is InChI=1S/C13H15BrN4O/c1-8(2)18-7-10(6-17-18)19-12-5-9(14)3-4-11(12)13(15)16/h3-8H,1-2H3,(H3,15,16). The molecule has 0 unspecified atom stereocenters. The van der Waals surface area contributed by atoms with Gasteiger partial charge in [0.2, 0.25) is 0 Å². The SMILES string of the molecule is CC(C)n1cc(Oc2cc(Br)ccc2C(=N)N)cn1. The van der Waals surface area contributed by atoms with Crippen LogP contribution in [0.4, 0.5) is 0 Å². The molecule has 0 saturated carbocycles. The second-order valence-electron chi connectivity index (χ2n) is 4.41. The van der Waals surface area contributed by atoms with Gasteiger partial charge in [0.1, 0.15) is 11.6 Å². The van der Waals surface area contributed by atoms with Crippen LogP contribution in [0.15, 0.2) is 35.1 Å². The lowest BCUT2D eigenvalue weighted by Crippen LogP contribution is -2.12. The summed E-state index contributed by atoms with van der Waals surface area (Å²) in [5.74, 6) is 1.12. The number of benzene rings is 1. The number of aromatic nitrogens is 2. The fourth-order valence-corrected chi connectivity index (χ4v) is 1.93. The summed E-state index contributed by atoms with van der Waals surface area (Å²) in [4.78, 5) is 0. The minimum absolute atomic E-state index is 0.0289. The summed E-state index contributed by atoms with van der Waals surface area (Å²) >= 11 is 3.38. The molecule has 2 aromatic rings. The predicted octanol–water partition coefficient (Wildman–Crippen LogP) is 3.30. The molecule has 0 bridgehead atoms. The molecule has 0 radical (unpaired) electrons. The molecule has 0 amide bonds. The lowest BCUT2D eigenvalue weighted by Gasteiger charge is -2.09. The van der Waals surface area contributed by atoms with Gasteiger partial charge in [0.05, 0.1) is 18.0 Å². The number of amidine groups is 1. The summed E-state index contributed by atoms with van der Waals surface area (Å²) in [7, 11) is 0. The smallest absolute Gasteiger partial charge is 0.165 e. The van der Waals surface area contributed by atoms with Crippen LogP contribution in [0.5, 0.6) is 11.5 Å². The van der Waals surface area contributed by atoms with Crippen molar-refractivity contribution in [1.29, 1.82) is 5.41 Å². The van der Waals surface area contributed by atoms with Crippen molar-refractivity contribution in [2.75, 3.05) is 0 Å². The summed E-state index contributed by atoms with van der Waals surface area (Å²) in [5.41, 5.74) is 6.09. The van der Waals surface area contributed by atoms with Crippen LogP contribution in [0, 0.1) is 5.41 Å². The Labute approximate surface area is 120 Å². The van der Waals surface area contributed by atoms with Crippen LogP contribution < -0.4 is 10.5 Å². The van der Waals surface area contributed by atoms with Crippen molar-refractivity contribution in [2.24, 2.45) is 5.73 Å². The average Bonchev–Trinajstić information content (AvgIpc) is 2.77. The minimum Gasteiger partial charge on any atom is -0.453 e. The van der Waals surface area contributed by atoms with Gasteiger partial charge in [-0.3, -0.25) is 10.1 Å².